The van der Waals surface area contributed by atoms with Crippen molar-refractivity contribution in [1.82, 2.24) is 4.90 Å². The van der Waals surface area contributed by atoms with Gasteiger partial charge in [-0.3, -0.25) is 4.79 Å². The van der Waals surface area contributed by atoms with E-state index in [0.717, 1.165) is 44.2 Å². The molecule has 1 aromatic carbocycles. The monoisotopic (exact) mass is 339 g/mol. The largest absolute Gasteiger partial charge is 0.339 e. The van der Waals surface area contributed by atoms with Gasteiger partial charge in [0.15, 0.2) is 0 Å². The van der Waals surface area contributed by atoms with Gasteiger partial charge in [0.25, 0.3) is 0 Å². The van der Waals surface area contributed by atoms with Crippen LogP contribution in [0.25, 0.3) is 6.08 Å². The van der Waals surface area contributed by atoms with Crippen molar-refractivity contribution in [3.05, 3.63) is 39.9 Å². The number of halogens is 2. The molecule has 1 aliphatic heterocycles. The summed E-state index contributed by atoms with van der Waals surface area (Å²) >= 11 is 11.8. The zero-order valence-electron chi connectivity index (χ0n) is 12.3. The predicted octanol–water partition coefficient (Wildman–Crippen LogP) is 4.22. The second-order valence-corrected chi connectivity index (χ2v) is 6.33. The number of carbonyl (C=O) groups is 2. The van der Waals surface area contributed by atoms with E-state index in [1.165, 1.54) is 0 Å². The van der Waals surface area contributed by atoms with Crippen molar-refractivity contribution in [2.45, 2.75) is 25.7 Å². The van der Waals surface area contributed by atoms with Gasteiger partial charge in [0.05, 0.1) is 10.0 Å². The number of hydrogen-bond acceptors (Lipinski definition) is 2. The molecule has 0 radical (unpaired) electrons. The van der Waals surface area contributed by atoms with Crippen LogP contribution >= 0.6 is 23.2 Å². The lowest BCUT2D eigenvalue weighted by atomic mass is 9.92. The molecule has 0 N–H and O–H groups in total. The minimum Gasteiger partial charge on any atom is -0.339 e. The molecule has 1 amide bonds. The molecule has 1 aliphatic rings. The first kappa shape index (κ1) is 17.0. The second kappa shape index (κ2) is 8.35. The third-order valence-corrected chi connectivity index (χ3v) is 4.72. The van der Waals surface area contributed by atoms with Crippen LogP contribution in [0.1, 0.15) is 31.2 Å². The fourth-order valence-corrected chi connectivity index (χ4v) is 2.94. The third kappa shape index (κ3) is 4.85. The molecule has 1 aromatic rings. The Labute approximate surface area is 140 Å². The number of benzene rings is 1. The third-order valence-electron chi connectivity index (χ3n) is 3.98. The van der Waals surface area contributed by atoms with Crippen LogP contribution in [-0.2, 0) is 9.59 Å². The van der Waals surface area contributed by atoms with Crippen LogP contribution in [0, 0.1) is 5.92 Å². The molecular weight excluding hydrogens is 321 g/mol. The van der Waals surface area contributed by atoms with E-state index in [0.29, 0.717) is 22.4 Å². The van der Waals surface area contributed by atoms with Crippen LogP contribution in [0.2, 0.25) is 10.0 Å². The number of amides is 1. The molecular formula is C17H19Cl2NO2. The fourth-order valence-electron chi connectivity index (χ4n) is 2.63. The van der Waals surface area contributed by atoms with E-state index in [1.54, 1.807) is 24.3 Å². The Morgan fingerprint density at radius 2 is 1.95 bits per heavy atom. The zero-order chi connectivity index (χ0) is 15.9. The van der Waals surface area contributed by atoms with Gasteiger partial charge in [0.1, 0.15) is 6.29 Å². The summed E-state index contributed by atoms with van der Waals surface area (Å²) in [5.74, 6) is 0.577. The van der Waals surface area contributed by atoms with Crippen LogP contribution in [0.4, 0.5) is 0 Å². The summed E-state index contributed by atoms with van der Waals surface area (Å²) in [6, 6.07) is 5.27. The van der Waals surface area contributed by atoms with Gasteiger partial charge in [-0.25, -0.2) is 0 Å². The normalized spacial score (nSPS) is 16.2. The highest BCUT2D eigenvalue weighted by Gasteiger charge is 2.20. The van der Waals surface area contributed by atoms with Crippen molar-refractivity contribution in [3.8, 4) is 0 Å². The highest BCUT2D eigenvalue weighted by Crippen LogP contribution is 2.24. The van der Waals surface area contributed by atoms with E-state index in [1.807, 2.05) is 11.0 Å². The maximum Gasteiger partial charge on any atom is 0.246 e. The minimum atomic E-state index is 0.0138. The van der Waals surface area contributed by atoms with Crippen molar-refractivity contribution < 1.29 is 9.59 Å². The SMILES string of the molecule is O=CCCC1CCN(C(=O)C=Cc2ccc(Cl)c(Cl)c2)CC1. The Balaban J connectivity index is 1.86. The van der Waals surface area contributed by atoms with E-state index in [9.17, 15) is 9.59 Å². The van der Waals surface area contributed by atoms with Gasteiger partial charge in [-0.15, -0.1) is 0 Å². The number of piperidine rings is 1. The first-order valence-electron chi connectivity index (χ1n) is 7.46. The van der Waals surface area contributed by atoms with Crippen LogP contribution < -0.4 is 0 Å². The summed E-state index contributed by atoms with van der Waals surface area (Å²) in [5, 5.41) is 0.981. The van der Waals surface area contributed by atoms with E-state index in [4.69, 9.17) is 23.2 Å². The average molecular weight is 340 g/mol. The van der Waals surface area contributed by atoms with Gasteiger partial charge in [0.2, 0.25) is 5.91 Å². The number of likely N-dealkylation sites (tertiary alicyclic amines) is 1. The molecule has 0 unspecified atom stereocenters. The summed E-state index contributed by atoms with van der Waals surface area (Å²) in [6.07, 6.45) is 7.80. The van der Waals surface area contributed by atoms with Crippen LogP contribution in [0.15, 0.2) is 24.3 Å². The summed E-state index contributed by atoms with van der Waals surface area (Å²) in [5.41, 5.74) is 0.851. The fraction of sp³-hybridized carbons (Fsp3) is 0.412. The molecule has 5 heteroatoms. The highest BCUT2D eigenvalue weighted by atomic mass is 35.5. The van der Waals surface area contributed by atoms with Gasteiger partial charge in [0, 0.05) is 25.6 Å². The van der Waals surface area contributed by atoms with E-state index in [-0.39, 0.29) is 5.91 Å². The van der Waals surface area contributed by atoms with Crippen molar-refractivity contribution in [1.29, 1.82) is 0 Å². The molecule has 0 aliphatic carbocycles. The molecule has 0 aromatic heterocycles. The van der Waals surface area contributed by atoms with Crippen molar-refractivity contribution in [3.63, 3.8) is 0 Å². The number of nitrogens with zero attached hydrogens (tertiary/aromatic N) is 1. The molecule has 1 saturated heterocycles. The smallest absolute Gasteiger partial charge is 0.246 e. The Bertz CT molecular complexity index is 564. The molecule has 2 rings (SSSR count). The molecule has 118 valence electrons. The standard InChI is InChI=1S/C17H19Cl2NO2/c18-15-5-3-14(12-16(15)19)4-6-17(22)20-9-7-13(8-10-20)2-1-11-21/h3-6,11-13H,1-2,7-10H2. The molecule has 22 heavy (non-hydrogen) atoms. The van der Waals surface area contributed by atoms with E-state index < -0.39 is 0 Å². The predicted molar refractivity (Wildman–Crippen MR) is 90.1 cm³/mol. The quantitative estimate of drug-likeness (QED) is 0.594. The van der Waals surface area contributed by atoms with Crippen LogP contribution in [-0.4, -0.2) is 30.2 Å². The molecule has 1 fully saturated rings. The average Bonchev–Trinajstić information content (AvgIpc) is 2.54. The Kier molecular flexibility index (Phi) is 6.47. The Morgan fingerprint density at radius 3 is 2.59 bits per heavy atom. The lowest BCUT2D eigenvalue weighted by Crippen LogP contribution is -2.37. The van der Waals surface area contributed by atoms with E-state index >= 15 is 0 Å². The summed E-state index contributed by atoms with van der Waals surface area (Å²) in [7, 11) is 0. The summed E-state index contributed by atoms with van der Waals surface area (Å²) < 4.78 is 0. The van der Waals surface area contributed by atoms with Gasteiger partial charge in [-0.1, -0.05) is 29.3 Å². The summed E-state index contributed by atoms with van der Waals surface area (Å²) in [4.78, 5) is 24.4. The van der Waals surface area contributed by atoms with Crippen molar-refractivity contribution >= 4 is 41.5 Å². The van der Waals surface area contributed by atoms with Gasteiger partial charge in [-0.05, 0) is 49.0 Å². The molecule has 3 nitrogen and oxygen atoms in total. The van der Waals surface area contributed by atoms with Crippen molar-refractivity contribution in [2.24, 2.45) is 5.92 Å². The topological polar surface area (TPSA) is 37.4 Å². The summed E-state index contributed by atoms with van der Waals surface area (Å²) in [6.45, 7) is 1.52. The number of hydrogen-bond donors (Lipinski definition) is 0. The molecule has 0 bridgehead atoms. The molecule has 1 heterocycles. The zero-order valence-corrected chi connectivity index (χ0v) is 13.8. The highest BCUT2D eigenvalue weighted by molar-refractivity contribution is 6.42. The molecule has 0 spiro atoms. The number of aldehydes is 1. The first-order valence-corrected chi connectivity index (χ1v) is 8.21. The van der Waals surface area contributed by atoms with Crippen LogP contribution in [0.3, 0.4) is 0 Å². The Hall–Kier alpha value is -1.32. The van der Waals surface area contributed by atoms with Gasteiger partial charge in [-0.2, -0.15) is 0 Å². The lowest BCUT2D eigenvalue weighted by molar-refractivity contribution is -0.127. The van der Waals surface area contributed by atoms with Crippen LogP contribution in [0.5, 0.6) is 0 Å². The van der Waals surface area contributed by atoms with Crippen molar-refractivity contribution in [2.75, 3.05) is 13.1 Å². The van der Waals surface area contributed by atoms with Gasteiger partial charge < -0.3 is 9.69 Å². The second-order valence-electron chi connectivity index (χ2n) is 5.52. The van der Waals surface area contributed by atoms with E-state index in [2.05, 4.69) is 0 Å². The number of rotatable bonds is 5. The van der Waals surface area contributed by atoms with Gasteiger partial charge >= 0.3 is 0 Å². The molecule has 0 saturated carbocycles. The lowest BCUT2D eigenvalue weighted by Gasteiger charge is -2.31. The maximum absolute atomic E-state index is 12.2. The first-order chi connectivity index (χ1) is 10.6. The minimum absolute atomic E-state index is 0.0138. The maximum atomic E-state index is 12.2. The molecule has 0 atom stereocenters. The number of carbonyl (C=O) groups excluding carboxylic acids is 2. The Morgan fingerprint density at radius 1 is 1.23 bits per heavy atom.